The van der Waals surface area contributed by atoms with Crippen molar-refractivity contribution in [3.05, 3.63) is 0 Å². The summed E-state index contributed by atoms with van der Waals surface area (Å²) in [6, 6.07) is 0.715. The summed E-state index contributed by atoms with van der Waals surface area (Å²) >= 11 is 0. The van der Waals surface area contributed by atoms with Gasteiger partial charge in [-0.25, -0.2) is 0 Å². The molecule has 2 nitrogen and oxygen atoms in total. The van der Waals surface area contributed by atoms with Gasteiger partial charge in [-0.1, -0.05) is 26.7 Å². The minimum atomic E-state index is -0.00824. The van der Waals surface area contributed by atoms with Crippen molar-refractivity contribution in [2.45, 2.75) is 71.9 Å². The smallest absolute Gasteiger partial charge is 0.0599 e. The van der Waals surface area contributed by atoms with E-state index in [1.165, 1.54) is 25.7 Å². The minimum absolute atomic E-state index is 0.00824. The lowest BCUT2D eigenvalue weighted by molar-refractivity contribution is -0.00310. The lowest BCUT2D eigenvalue weighted by atomic mass is 9.78. The molecule has 0 bridgehead atoms. The monoisotopic (exact) mass is 241 g/mol. The maximum Gasteiger partial charge on any atom is 0.0599 e. The van der Waals surface area contributed by atoms with Crippen LogP contribution in [-0.2, 0) is 4.74 Å². The second-order valence-corrected chi connectivity index (χ2v) is 6.71. The molecule has 2 unspecified atom stereocenters. The quantitative estimate of drug-likeness (QED) is 0.743. The first-order chi connectivity index (χ1) is 7.90. The molecule has 1 aliphatic carbocycles. The third-order valence-electron chi connectivity index (χ3n) is 3.72. The van der Waals surface area contributed by atoms with E-state index in [-0.39, 0.29) is 5.60 Å². The fourth-order valence-corrected chi connectivity index (χ4v) is 2.81. The zero-order valence-electron chi connectivity index (χ0n) is 12.4. The van der Waals surface area contributed by atoms with Gasteiger partial charge in [0.2, 0.25) is 0 Å². The number of nitrogens with one attached hydrogen (secondary N) is 1. The Hall–Kier alpha value is -0.0800. The van der Waals surface area contributed by atoms with Gasteiger partial charge in [-0.05, 0) is 45.4 Å². The van der Waals surface area contributed by atoms with E-state index in [4.69, 9.17) is 4.74 Å². The van der Waals surface area contributed by atoms with E-state index in [9.17, 15) is 0 Å². The molecule has 2 heteroatoms. The molecule has 17 heavy (non-hydrogen) atoms. The minimum Gasteiger partial charge on any atom is -0.375 e. The van der Waals surface area contributed by atoms with Crippen LogP contribution in [0.5, 0.6) is 0 Å². The fourth-order valence-electron chi connectivity index (χ4n) is 2.81. The molecule has 0 aromatic carbocycles. The van der Waals surface area contributed by atoms with Crippen LogP contribution in [0.3, 0.4) is 0 Å². The molecule has 2 atom stereocenters. The fraction of sp³-hybridized carbons (Fsp3) is 1.00. The van der Waals surface area contributed by atoms with Gasteiger partial charge in [-0.2, -0.15) is 0 Å². The third-order valence-corrected chi connectivity index (χ3v) is 3.72. The van der Waals surface area contributed by atoms with Crippen molar-refractivity contribution in [1.82, 2.24) is 5.32 Å². The van der Waals surface area contributed by atoms with Crippen LogP contribution in [-0.4, -0.2) is 24.8 Å². The predicted octanol–water partition coefficient (Wildman–Crippen LogP) is 3.61. The topological polar surface area (TPSA) is 21.3 Å². The Labute approximate surface area is 108 Å². The van der Waals surface area contributed by atoms with Crippen molar-refractivity contribution < 1.29 is 4.74 Å². The average Bonchev–Trinajstić information content (AvgIpc) is 2.23. The molecule has 1 saturated carbocycles. The highest BCUT2D eigenvalue weighted by Crippen LogP contribution is 2.30. The summed E-state index contributed by atoms with van der Waals surface area (Å²) in [6.07, 6.45) is 5.55. The molecule has 102 valence electrons. The van der Waals surface area contributed by atoms with E-state index >= 15 is 0 Å². The van der Waals surface area contributed by atoms with Crippen molar-refractivity contribution in [3.63, 3.8) is 0 Å². The van der Waals surface area contributed by atoms with Crippen LogP contribution in [0.4, 0.5) is 0 Å². The summed E-state index contributed by atoms with van der Waals surface area (Å²) in [6.45, 7) is 12.9. The van der Waals surface area contributed by atoms with Gasteiger partial charge >= 0.3 is 0 Å². The van der Waals surface area contributed by atoms with Crippen molar-refractivity contribution in [2.75, 3.05) is 13.2 Å². The average molecular weight is 241 g/mol. The summed E-state index contributed by atoms with van der Waals surface area (Å²) in [5.74, 6) is 1.66. The van der Waals surface area contributed by atoms with Crippen LogP contribution in [0.2, 0.25) is 0 Å². The molecule has 0 spiro atoms. The molecule has 1 aliphatic rings. The summed E-state index contributed by atoms with van der Waals surface area (Å²) in [5.41, 5.74) is -0.00824. The number of hydrogen-bond donors (Lipinski definition) is 1. The summed E-state index contributed by atoms with van der Waals surface area (Å²) in [5, 5.41) is 3.70. The molecule has 0 heterocycles. The standard InChI is InChI=1S/C15H31NO/c1-12(2)13-8-6-7-9-14(13)16-10-11-17-15(3,4)5/h12-14,16H,6-11H2,1-5H3. The van der Waals surface area contributed by atoms with Crippen molar-refractivity contribution in [2.24, 2.45) is 11.8 Å². The van der Waals surface area contributed by atoms with Crippen LogP contribution in [0, 0.1) is 11.8 Å². The molecule has 1 N–H and O–H groups in total. The first-order valence-corrected chi connectivity index (χ1v) is 7.27. The van der Waals surface area contributed by atoms with Gasteiger partial charge in [0.05, 0.1) is 12.2 Å². The molecule has 0 amide bonds. The van der Waals surface area contributed by atoms with E-state index in [1.54, 1.807) is 0 Å². The molecule has 0 aliphatic heterocycles. The summed E-state index contributed by atoms with van der Waals surface area (Å²) in [4.78, 5) is 0. The summed E-state index contributed by atoms with van der Waals surface area (Å²) < 4.78 is 5.75. The highest BCUT2D eigenvalue weighted by molar-refractivity contribution is 4.82. The van der Waals surface area contributed by atoms with Crippen LogP contribution >= 0.6 is 0 Å². The molecule has 0 radical (unpaired) electrons. The van der Waals surface area contributed by atoms with Gasteiger partial charge in [-0.3, -0.25) is 0 Å². The Morgan fingerprint density at radius 2 is 1.82 bits per heavy atom. The van der Waals surface area contributed by atoms with Crippen molar-refractivity contribution in [3.8, 4) is 0 Å². The van der Waals surface area contributed by atoms with Gasteiger partial charge in [0.15, 0.2) is 0 Å². The zero-order chi connectivity index (χ0) is 12.9. The molecule has 1 rings (SSSR count). The molecule has 0 aromatic rings. The lowest BCUT2D eigenvalue weighted by Gasteiger charge is -2.35. The number of rotatable bonds is 5. The Kier molecular flexibility index (Phi) is 5.94. The van der Waals surface area contributed by atoms with Gasteiger partial charge < -0.3 is 10.1 Å². The van der Waals surface area contributed by atoms with Crippen LogP contribution < -0.4 is 5.32 Å². The van der Waals surface area contributed by atoms with E-state index in [0.29, 0.717) is 6.04 Å². The van der Waals surface area contributed by atoms with E-state index < -0.39 is 0 Å². The SMILES string of the molecule is CC(C)C1CCCCC1NCCOC(C)(C)C. The van der Waals surface area contributed by atoms with Gasteiger partial charge in [0, 0.05) is 12.6 Å². The molecule has 0 saturated heterocycles. The number of ether oxygens (including phenoxy) is 1. The van der Waals surface area contributed by atoms with Crippen LogP contribution in [0.1, 0.15) is 60.3 Å². The molecular formula is C15H31NO. The first-order valence-electron chi connectivity index (χ1n) is 7.27. The van der Waals surface area contributed by atoms with Crippen molar-refractivity contribution in [1.29, 1.82) is 0 Å². The zero-order valence-corrected chi connectivity index (χ0v) is 12.4. The third kappa shape index (κ3) is 5.87. The van der Waals surface area contributed by atoms with Gasteiger partial charge in [0.1, 0.15) is 0 Å². The van der Waals surface area contributed by atoms with E-state index in [2.05, 4.69) is 39.9 Å². The Morgan fingerprint density at radius 1 is 1.18 bits per heavy atom. The Morgan fingerprint density at radius 3 is 2.41 bits per heavy atom. The number of hydrogen-bond acceptors (Lipinski definition) is 2. The van der Waals surface area contributed by atoms with Gasteiger partial charge in [-0.15, -0.1) is 0 Å². The van der Waals surface area contributed by atoms with E-state index in [0.717, 1.165) is 25.0 Å². The van der Waals surface area contributed by atoms with Crippen LogP contribution in [0.25, 0.3) is 0 Å². The second kappa shape index (κ2) is 6.75. The molecule has 1 fully saturated rings. The highest BCUT2D eigenvalue weighted by Gasteiger charge is 2.26. The maximum atomic E-state index is 5.75. The summed E-state index contributed by atoms with van der Waals surface area (Å²) in [7, 11) is 0. The first kappa shape index (κ1) is 15.0. The second-order valence-electron chi connectivity index (χ2n) is 6.71. The Bertz CT molecular complexity index is 207. The van der Waals surface area contributed by atoms with Gasteiger partial charge in [0.25, 0.3) is 0 Å². The predicted molar refractivity (Wildman–Crippen MR) is 74.3 cm³/mol. The van der Waals surface area contributed by atoms with E-state index in [1.807, 2.05) is 0 Å². The lowest BCUT2D eigenvalue weighted by Crippen LogP contribution is -2.42. The molecule has 0 aromatic heterocycles. The van der Waals surface area contributed by atoms with Crippen molar-refractivity contribution >= 4 is 0 Å². The highest BCUT2D eigenvalue weighted by atomic mass is 16.5. The Balaban J connectivity index is 2.24. The largest absolute Gasteiger partial charge is 0.375 e. The normalized spacial score (nSPS) is 26.5. The maximum absolute atomic E-state index is 5.75. The van der Waals surface area contributed by atoms with Crippen LogP contribution in [0.15, 0.2) is 0 Å². The molecular weight excluding hydrogens is 210 g/mol.